The van der Waals surface area contributed by atoms with Crippen molar-refractivity contribution < 1.29 is 0 Å². The lowest BCUT2D eigenvalue weighted by Gasteiger charge is -2.32. The average molecular weight is 437 g/mol. The van der Waals surface area contributed by atoms with Crippen molar-refractivity contribution in [1.29, 1.82) is 0 Å². The van der Waals surface area contributed by atoms with Crippen LogP contribution >= 0.6 is 23.2 Å². The second kappa shape index (κ2) is 9.49. The maximum absolute atomic E-state index is 7.27. The fourth-order valence-corrected chi connectivity index (χ4v) is 4.35. The van der Waals surface area contributed by atoms with Crippen LogP contribution in [-0.2, 0) is 13.1 Å². The van der Waals surface area contributed by atoms with Gasteiger partial charge < -0.3 is 4.90 Å². The molecule has 0 unspecified atom stereocenters. The van der Waals surface area contributed by atoms with Crippen LogP contribution in [0.4, 0.5) is 11.4 Å². The number of halogens is 2. The second-order valence-corrected chi connectivity index (χ2v) is 8.28. The molecule has 1 aliphatic heterocycles. The normalized spacial score (nSPS) is 16.4. The summed E-state index contributed by atoms with van der Waals surface area (Å²) >= 11 is 12.8. The predicted molar refractivity (Wildman–Crippen MR) is 123 cm³/mol. The number of hydrogen-bond donors (Lipinski definition) is 0. The van der Waals surface area contributed by atoms with E-state index < -0.39 is 0 Å². The van der Waals surface area contributed by atoms with E-state index in [1.54, 1.807) is 6.07 Å². The van der Waals surface area contributed by atoms with E-state index in [9.17, 15) is 0 Å². The number of nitrogens with zero attached hydrogens (tertiary/aromatic N) is 4. The lowest BCUT2D eigenvalue weighted by atomic mass is 10.1. The zero-order chi connectivity index (χ0) is 20.9. The third-order valence-electron chi connectivity index (χ3n) is 5.48. The molecule has 0 saturated carbocycles. The van der Waals surface area contributed by atoms with E-state index in [1.807, 2.05) is 48.7 Å². The second-order valence-electron chi connectivity index (χ2n) is 7.47. The predicted octanol–water partition coefficient (Wildman–Crippen LogP) is 6.22. The van der Waals surface area contributed by atoms with Gasteiger partial charge in [0, 0.05) is 54.2 Å². The number of benzene rings is 2. The Morgan fingerprint density at radius 2 is 1.90 bits per heavy atom. The maximum atomic E-state index is 7.27. The molecular weight excluding hydrogens is 415 g/mol. The minimum Gasteiger partial charge on any atom is -0.363 e. The van der Waals surface area contributed by atoms with E-state index in [4.69, 9.17) is 29.8 Å². The Bertz CT molecular complexity index is 1050. The van der Waals surface area contributed by atoms with Crippen LogP contribution in [0, 0.1) is 6.57 Å². The van der Waals surface area contributed by atoms with Crippen LogP contribution in [0.2, 0.25) is 10.0 Å². The van der Waals surface area contributed by atoms with E-state index in [0.717, 1.165) is 48.0 Å². The van der Waals surface area contributed by atoms with E-state index >= 15 is 0 Å². The van der Waals surface area contributed by atoms with Crippen LogP contribution in [0.1, 0.15) is 17.7 Å². The number of anilines is 1. The summed E-state index contributed by atoms with van der Waals surface area (Å²) in [5.41, 5.74) is 3.64. The van der Waals surface area contributed by atoms with Crippen molar-refractivity contribution in [3.63, 3.8) is 0 Å². The number of pyridine rings is 1. The van der Waals surface area contributed by atoms with Crippen molar-refractivity contribution in [3.8, 4) is 0 Å². The van der Waals surface area contributed by atoms with Crippen molar-refractivity contribution in [3.05, 3.63) is 99.6 Å². The molecule has 1 aromatic heterocycles. The van der Waals surface area contributed by atoms with Crippen molar-refractivity contribution in [2.45, 2.75) is 25.6 Å². The Kier molecular flexibility index (Phi) is 6.54. The van der Waals surface area contributed by atoms with Gasteiger partial charge in [-0.05, 0) is 42.3 Å². The van der Waals surface area contributed by atoms with Crippen LogP contribution in [-0.4, -0.2) is 29.0 Å². The first-order chi connectivity index (χ1) is 14.6. The molecular formula is C24H22Cl2N4. The minimum absolute atomic E-state index is 0.319. The first kappa shape index (κ1) is 20.7. The fourth-order valence-electron chi connectivity index (χ4n) is 3.94. The highest BCUT2D eigenvalue weighted by Gasteiger charge is 2.29. The third-order valence-corrected chi connectivity index (χ3v) is 6.15. The van der Waals surface area contributed by atoms with E-state index in [1.165, 1.54) is 0 Å². The minimum atomic E-state index is 0.319. The van der Waals surface area contributed by atoms with E-state index in [-0.39, 0.29) is 0 Å². The molecule has 0 aliphatic carbocycles. The van der Waals surface area contributed by atoms with Gasteiger partial charge in [-0.15, -0.1) is 0 Å². The Morgan fingerprint density at radius 1 is 1.07 bits per heavy atom. The van der Waals surface area contributed by atoms with Gasteiger partial charge in [-0.3, -0.25) is 9.88 Å². The van der Waals surface area contributed by atoms with Crippen molar-refractivity contribution in [2.75, 3.05) is 18.0 Å². The zero-order valence-electron chi connectivity index (χ0n) is 16.5. The molecule has 152 valence electrons. The molecule has 1 aliphatic rings. The van der Waals surface area contributed by atoms with E-state index in [0.29, 0.717) is 23.3 Å². The molecule has 0 amide bonds. The van der Waals surface area contributed by atoms with Gasteiger partial charge in [-0.25, -0.2) is 4.85 Å². The van der Waals surface area contributed by atoms with Crippen LogP contribution in [0.3, 0.4) is 0 Å². The largest absolute Gasteiger partial charge is 0.363 e. The van der Waals surface area contributed by atoms with Gasteiger partial charge in [0.25, 0.3) is 0 Å². The van der Waals surface area contributed by atoms with Crippen LogP contribution in [0.5, 0.6) is 0 Å². The van der Waals surface area contributed by atoms with Gasteiger partial charge in [0.15, 0.2) is 0 Å². The maximum Gasteiger partial charge on any atom is 0.205 e. The summed E-state index contributed by atoms with van der Waals surface area (Å²) < 4.78 is 0. The highest BCUT2D eigenvalue weighted by atomic mass is 35.5. The number of likely N-dealkylation sites (tertiary alicyclic amines) is 1. The van der Waals surface area contributed by atoms with Gasteiger partial charge in [0.2, 0.25) is 5.69 Å². The standard InChI is InChI=1S/C24H22Cl2N4/c1-27-24-10-9-20(14-23(24)26)30(15-18-6-2-3-8-22(18)25)21-11-13-29(17-21)16-19-7-4-5-12-28-19/h2-10,12,14,21H,11,13,15-17H2/t21-/m0/s1. The Balaban J connectivity index is 1.58. The monoisotopic (exact) mass is 436 g/mol. The molecule has 6 heteroatoms. The molecule has 0 spiro atoms. The number of rotatable bonds is 6. The fraction of sp³-hybridized carbons (Fsp3) is 0.250. The molecule has 4 rings (SSSR count). The summed E-state index contributed by atoms with van der Waals surface area (Å²) in [5.74, 6) is 0. The van der Waals surface area contributed by atoms with Crippen LogP contribution < -0.4 is 4.90 Å². The Labute approximate surface area is 187 Å². The molecule has 0 N–H and O–H groups in total. The zero-order valence-corrected chi connectivity index (χ0v) is 18.0. The third kappa shape index (κ3) is 4.76. The number of aromatic nitrogens is 1. The van der Waals surface area contributed by atoms with E-state index in [2.05, 4.69) is 31.8 Å². The van der Waals surface area contributed by atoms with Gasteiger partial charge in [0.1, 0.15) is 0 Å². The smallest absolute Gasteiger partial charge is 0.205 e. The number of hydrogen-bond acceptors (Lipinski definition) is 3. The molecule has 0 radical (unpaired) electrons. The summed E-state index contributed by atoms with van der Waals surface area (Å²) in [6.07, 6.45) is 2.88. The van der Waals surface area contributed by atoms with Gasteiger partial charge in [-0.1, -0.05) is 53.5 Å². The van der Waals surface area contributed by atoms with Gasteiger partial charge in [0.05, 0.1) is 12.3 Å². The van der Waals surface area contributed by atoms with Crippen LogP contribution in [0.25, 0.3) is 4.85 Å². The molecule has 30 heavy (non-hydrogen) atoms. The topological polar surface area (TPSA) is 23.7 Å². The van der Waals surface area contributed by atoms with Crippen molar-refractivity contribution in [1.82, 2.24) is 9.88 Å². The lowest BCUT2D eigenvalue weighted by Crippen LogP contribution is -2.37. The molecule has 1 saturated heterocycles. The summed E-state index contributed by atoms with van der Waals surface area (Å²) in [6.45, 7) is 10.7. The van der Waals surface area contributed by atoms with Crippen molar-refractivity contribution >= 4 is 34.6 Å². The molecule has 3 aromatic rings. The SMILES string of the molecule is [C-]#[N+]c1ccc(N(Cc2ccccc2Cl)[C@H]2CCN(Cc3ccccn3)C2)cc1Cl. The van der Waals surface area contributed by atoms with Crippen molar-refractivity contribution in [2.24, 2.45) is 0 Å². The first-order valence-electron chi connectivity index (χ1n) is 9.93. The molecule has 1 fully saturated rings. The summed E-state index contributed by atoms with van der Waals surface area (Å²) in [5, 5.41) is 1.24. The first-order valence-corrected chi connectivity index (χ1v) is 10.7. The summed E-state index contributed by atoms with van der Waals surface area (Å²) in [6, 6.07) is 20.0. The van der Waals surface area contributed by atoms with Crippen LogP contribution in [0.15, 0.2) is 66.9 Å². The molecule has 1 atom stereocenters. The summed E-state index contributed by atoms with van der Waals surface area (Å²) in [7, 11) is 0. The lowest BCUT2D eigenvalue weighted by molar-refractivity contribution is 0.320. The average Bonchev–Trinajstić information content (AvgIpc) is 3.22. The van der Waals surface area contributed by atoms with Gasteiger partial charge >= 0.3 is 0 Å². The quantitative estimate of drug-likeness (QED) is 0.428. The molecule has 0 bridgehead atoms. The highest BCUT2D eigenvalue weighted by molar-refractivity contribution is 6.33. The summed E-state index contributed by atoms with van der Waals surface area (Å²) in [4.78, 5) is 12.7. The molecule has 4 nitrogen and oxygen atoms in total. The van der Waals surface area contributed by atoms with Gasteiger partial charge in [-0.2, -0.15) is 0 Å². The Hall–Kier alpha value is -2.58. The highest BCUT2D eigenvalue weighted by Crippen LogP contribution is 2.33. The molecule has 2 heterocycles. The Morgan fingerprint density at radius 3 is 2.63 bits per heavy atom. The molecule has 2 aromatic carbocycles.